The Bertz CT molecular complexity index is 1110. The number of benzene rings is 2. The van der Waals surface area contributed by atoms with Gasteiger partial charge in [0.1, 0.15) is 0 Å². The van der Waals surface area contributed by atoms with Crippen LogP contribution in [0.3, 0.4) is 0 Å². The SMILES string of the molecule is Cc1cccc(NC(=O)CSc2nnc(CNc3ccc(C)c(Cl)c3)n2CC2CCCO2)c1. The first kappa shape index (κ1) is 23.6. The molecule has 1 aliphatic heterocycles. The fourth-order valence-electron chi connectivity index (χ4n) is 3.67. The van der Waals surface area contributed by atoms with Gasteiger partial charge in [0.25, 0.3) is 0 Å². The van der Waals surface area contributed by atoms with Crippen LogP contribution in [-0.2, 0) is 22.6 Å². The third-order valence-electron chi connectivity index (χ3n) is 5.46. The second-order valence-corrected chi connectivity index (χ2v) is 9.52. The summed E-state index contributed by atoms with van der Waals surface area (Å²) < 4.78 is 7.90. The lowest BCUT2D eigenvalue weighted by atomic mass is 10.2. The lowest BCUT2D eigenvalue weighted by Gasteiger charge is -2.15. The fraction of sp³-hybridized carbons (Fsp3) is 0.375. The highest BCUT2D eigenvalue weighted by molar-refractivity contribution is 7.99. The third kappa shape index (κ3) is 6.50. The number of anilines is 2. The van der Waals surface area contributed by atoms with Crippen LogP contribution < -0.4 is 10.6 Å². The van der Waals surface area contributed by atoms with Crippen molar-refractivity contribution in [2.45, 2.75) is 51.0 Å². The van der Waals surface area contributed by atoms with Crippen LogP contribution in [0, 0.1) is 13.8 Å². The van der Waals surface area contributed by atoms with Crippen LogP contribution in [0.1, 0.15) is 29.8 Å². The number of aromatic nitrogens is 3. The second kappa shape index (κ2) is 11.0. The summed E-state index contributed by atoms with van der Waals surface area (Å²) in [5, 5.41) is 16.5. The number of aryl methyl sites for hydroxylation is 2. The smallest absolute Gasteiger partial charge is 0.234 e. The van der Waals surface area contributed by atoms with E-state index in [0.29, 0.717) is 18.2 Å². The minimum atomic E-state index is -0.0776. The molecule has 1 amide bonds. The topological polar surface area (TPSA) is 81.1 Å². The standard InChI is InChI=1S/C24H28ClN5O2S/c1-16-5-3-6-19(11-16)27-23(31)15-33-24-29-28-22(30(24)14-20-7-4-10-32-20)13-26-18-9-8-17(2)21(25)12-18/h3,5-6,8-9,11-12,20,26H,4,7,10,13-15H2,1-2H3,(H,27,31). The predicted octanol–water partition coefficient (Wildman–Crippen LogP) is 5.07. The Hall–Kier alpha value is -2.55. The number of carbonyl (C=O) groups is 1. The fourth-order valence-corrected chi connectivity index (χ4v) is 4.61. The van der Waals surface area contributed by atoms with E-state index in [1.807, 2.05) is 56.3 Å². The Kier molecular flexibility index (Phi) is 7.90. The Labute approximate surface area is 203 Å². The van der Waals surface area contributed by atoms with E-state index in [9.17, 15) is 4.79 Å². The molecule has 2 N–H and O–H groups in total. The summed E-state index contributed by atoms with van der Waals surface area (Å²) >= 11 is 7.63. The summed E-state index contributed by atoms with van der Waals surface area (Å²) in [6.07, 6.45) is 2.20. The molecule has 1 aliphatic rings. The molecule has 174 valence electrons. The number of rotatable bonds is 9. The van der Waals surface area contributed by atoms with E-state index < -0.39 is 0 Å². The highest BCUT2D eigenvalue weighted by Gasteiger charge is 2.21. The van der Waals surface area contributed by atoms with Crippen molar-refractivity contribution in [3.05, 3.63) is 64.4 Å². The molecule has 33 heavy (non-hydrogen) atoms. The van der Waals surface area contributed by atoms with Crippen LogP contribution in [0.25, 0.3) is 0 Å². The number of ether oxygens (including phenoxy) is 1. The molecule has 0 radical (unpaired) electrons. The van der Waals surface area contributed by atoms with Crippen LogP contribution in [0.5, 0.6) is 0 Å². The maximum absolute atomic E-state index is 12.5. The van der Waals surface area contributed by atoms with Crippen LogP contribution >= 0.6 is 23.4 Å². The average molecular weight is 486 g/mol. The minimum Gasteiger partial charge on any atom is -0.378 e. The van der Waals surface area contributed by atoms with E-state index in [1.165, 1.54) is 11.8 Å². The van der Waals surface area contributed by atoms with Gasteiger partial charge in [-0.05, 0) is 62.1 Å². The number of thioether (sulfide) groups is 1. The molecule has 2 heterocycles. The molecular weight excluding hydrogens is 458 g/mol. The molecule has 3 aromatic rings. The number of hydrogen-bond donors (Lipinski definition) is 2. The van der Waals surface area contributed by atoms with E-state index in [4.69, 9.17) is 16.3 Å². The summed E-state index contributed by atoms with van der Waals surface area (Å²) in [5.41, 5.74) is 3.85. The maximum atomic E-state index is 12.5. The first-order valence-corrected chi connectivity index (χ1v) is 12.4. The van der Waals surface area contributed by atoms with Gasteiger partial charge in [-0.3, -0.25) is 4.79 Å². The predicted molar refractivity (Wildman–Crippen MR) is 133 cm³/mol. The summed E-state index contributed by atoms with van der Waals surface area (Å²) in [7, 11) is 0. The Morgan fingerprint density at radius 1 is 1.21 bits per heavy atom. The molecule has 1 saturated heterocycles. The van der Waals surface area contributed by atoms with Crippen molar-refractivity contribution < 1.29 is 9.53 Å². The normalized spacial score (nSPS) is 15.5. The Balaban J connectivity index is 1.43. The molecule has 1 fully saturated rings. The van der Waals surface area contributed by atoms with Crippen molar-refractivity contribution in [3.63, 3.8) is 0 Å². The average Bonchev–Trinajstić information content (AvgIpc) is 3.44. The van der Waals surface area contributed by atoms with Gasteiger partial charge in [-0.15, -0.1) is 10.2 Å². The van der Waals surface area contributed by atoms with E-state index in [-0.39, 0.29) is 17.8 Å². The van der Waals surface area contributed by atoms with Crippen molar-refractivity contribution >= 4 is 40.6 Å². The summed E-state index contributed by atoms with van der Waals surface area (Å²) in [4.78, 5) is 12.5. The van der Waals surface area contributed by atoms with Gasteiger partial charge in [0.05, 0.1) is 24.9 Å². The van der Waals surface area contributed by atoms with E-state index in [1.54, 1.807) is 0 Å². The Morgan fingerprint density at radius 3 is 2.85 bits per heavy atom. The highest BCUT2D eigenvalue weighted by Crippen LogP contribution is 2.24. The highest BCUT2D eigenvalue weighted by atomic mass is 35.5. The van der Waals surface area contributed by atoms with Crippen molar-refractivity contribution in [2.75, 3.05) is 23.0 Å². The molecule has 0 bridgehead atoms. The molecule has 0 saturated carbocycles. The molecule has 2 aromatic carbocycles. The number of halogens is 1. The Morgan fingerprint density at radius 2 is 2.09 bits per heavy atom. The maximum Gasteiger partial charge on any atom is 0.234 e. The van der Waals surface area contributed by atoms with Crippen LogP contribution in [0.4, 0.5) is 11.4 Å². The van der Waals surface area contributed by atoms with Gasteiger partial charge in [0, 0.05) is 23.0 Å². The lowest BCUT2D eigenvalue weighted by Crippen LogP contribution is -2.20. The summed E-state index contributed by atoms with van der Waals surface area (Å²) in [6.45, 7) is 5.92. The second-order valence-electron chi connectivity index (χ2n) is 8.17. The molecular formula is C24H28ClN5O2S. The van der Waals surface area contributed by atoms with Crippen molar-refractivity contribution in [1.29, 1.82) is 0 Å². The molecule has 1 atom stereocenters. The van der Waals surface area contributed by atoms with Gasteiger partial charge < -0.3 is 19.9 Å². The number of carbonyl (C=O) groups excluding carboxylic acids is 1. The number of amides is 1. The number of nitrogens with one attached hydrogen (secondary N) is 2. The molecule has 7 nitrogen and oxygen atoms in total. The van der Waals surface area contributed by atoms with Crippen LogP contribution in [-0.4, -0.2) is 39.1 Å². The summed E-state index contributed by atoms with van der Waals surface area (Å²) in [5.74, 6) is 0.966. The van der Waals surface area contributed by atoms with Gasteiger partial charge in [0.2, 0.25) is 5.91 Å². The molecule has 0 aliphatic carbocycles. The van der Waals surface area contributed by atoms with Crippen molar-refractivity contribution in [1.82, 2.24) is 14.8 Å². The van der Waals surface area contributed by atoms with E-state index in [0.717, 1.165) is 52.8 Å². The van der Waals surface area contributed by atoms with Gasteiger partial charge in [0.15, 0.2) is 11.0 Å². The largest absolute Gasteiger partial charge is 0.378 e. The molecule has 0 spiro atoms. The zero-order valence-corrected chi connectivity index (χ0v) is 20.4. The minimum absolute atomic E-state index is 0.0776. The quantitative estimate of drug-likeness (QED) is 0.412. The number of hydrogen-bond acceptors (Lipinski definition) is 6. The lowest BCUT2D eigenvalue weighted by molar-refractivity contribution is -0.113. The number of nitrogens with zero attached hydrogens (tertiary/aromatic N) is 3. The first-order chi connectivity index (χ1) is 16.0. The first-order valence-electron chi connectivity index (χ1n) is 11.0. The van der Waals surface area contributed by atoms with E-state index in [2.05, 4.69) is 25.4 Å². The van der Waals surface area contributed by atoms with Crippen LogP contribution in [0.15, 0.2) is 47.6 Å². The van der Waals surface area contributed by atoms with E-state index >= 15 is 0 Å². The van der Waals surface area contributed by atoms with Gasteiger partial charge in [-0.1, -0.05) is 41.6 Å². The van der Waals surface area contributed by atoms with Gasteiger partial charge in [-0.25, -0.2) is 0 Å². The zero-order chi connectivity index (χ0) is 23.2. The summed E-state index contributed by atoms with van der Waals surface area (Å²) in [6, 6.07) is 13.6. The van der Waals surface area contributed by atoms with Gasteiger partial charge in [-0.2, -0.15) is 0 Å². The van der Waals surface area contributed by atoms with Gasteiger partial charge >= 0.3 is 0 Å². The molecule has 1 aromatic heterocycles. The monoisotopic (exact) mass is 485 g/mol. The van der Waals surface area contributed by atoms with Crippen molar-refractivity contribution in [3.8, 4) is 0 Å². The van der Waals surface area contributed by atoms with Crippen molar-refractivity contribution in [2.24, 2.45) is 0 Å². The zero-order valence-electron chi connectivity index (χ0n) is 18.8. The molecule has 4 rings (SSSR count). The van der Waals surface area contributed by atoms with Crippen LogP contribution in [0.2, 0.25) is 5.02 Å². The molecule has 1 unspecified atom stereocenters. The third-order valence-corrected chi connectivity index (χ3v) is 6.83. The molecule has 9 heteroatoms.